The summed E-state index contributed by atoms with van der Waals surface area (Å²) in [6.07, 6.45) is 2.07. The summed E-state index contributed by atoms with van der Waals surface area (Å²) < 4.78 is 11.3. The van der Waals surface area contributed by atoms with Crippen LogP contribution in [-0.2, 0) is 16.0 Å². The first-order valence-electron chi connectivity index (χ1n) is 8.51. The zero-order valence-electron chi connectivity index (χ0n) is 14.9. The van der Waals surface area contributed by atoms with Crippen LogP contribution in [-0.4, -0.2) is 25.1 Å². The molecule has 5 nitrogen and oxygen atoms in total. The summed E-state index contributed by atoms with van der Waals surface area (Å²) in [5.74, 6) is -0.119. The van der Waals surface area contributed by atoms with Crippen molar-refractivity contribution in [2.75, 3.05) is 18.5 Å². The van der Waals surface area contributed by atoms with E-state index in [1.165, 1.54) is 5.56 Å². The van der Waals surface area contributed by atoms with E-state index in [0.29, 0.717) is 23.6 Å². The maximum absolute atomic E-state index is 12.1. The number of nitrogens with one attached hydrogen (secondary N) is 1. The third kappa shape index (κ3) is 5.88. The monoisotopic (exact) mass is 419 g/mol. The molecule has 0 aliphatic carbocycles. The van der Waals surface area contributed by atoms with Gasteiger partial charge in [-0.15, -0.1) is 0 Å². The average Bonchev–Trinajstić information content (AvgIpc) is 2.62. The molecule has 0 saturated carbocycles. The molecule has 0 heterocycles. The van der Waals surface area contributed by atoms with E-state index in [-0.39, 0.29) is 12.5 Å². The Hall–Kier alpha value is -2.34. The van der Waals surface area contributed by atoms with E-state index in [2.05, 4.69) is 28.2 Å². The molecule has 2 rings (SSSR count). The van der Waals surface area contributed by atoms with Crippen molar-refractivity contribution in [1.29, 1.82) is 0 Å². The Bertz CT molecular complexity index is 776. The summed E-state index contributed by atoms with van der Waals surface area (Å²) >= 11 is 3.47. The molecule has 0 fully saturated rings. The number of carbonyl (C=O) groups excluding carboxylic acids is 2. The molecule has 26 heavy (non-hydrogen) atoms. The highest BCUT2D eigenvalue weighted by molar-refractivity contribution is 9.10. The summed E-state index contributed by atoms with van der Waals surface area (Å²) in [6.45, 7) is 4.04. The van der Waals surface area contributed by atoms with Crippen LogP contribution < -0.4 is 10.1 Å². The van der Waals surface area contributed by atoms with Crippen molar-refractivity contribution >= 4 is 33.5 Å². The molecule has 0 saturated heterocycles. The number of anilines is 1. The number of halogens is 1. The molecule has 0 radical (unpaired) electrons. The fourth-order valence-electron chi connectivity index (χ4n) is 2.38. The van der Waals surface area contributed by atoms with Crippen molar-refractivity contribution in [3.63, 3.8) is 0 Å². The predicted octanol–water partition coefficient (Wildman–Crippen LogP) is 4.60. The number of rotatable bonds is 8. The van der Waals surface area contributed by atoms with Crippen molar-refractivity contribution in [1.82, 2.24) is 0 Å². The third-order valence-corrected chi connectivity index (χ3v) is 4.17. The van der Waals surface area contributed by atoms with Crippen molar-refractivity contribution in [2.24, 2.45) is 0 Å². The second kappa shape index (κ2) is 9.97. The van der Waals surface area contributed by atoms with Gasteiger partial charge in [-0.2, -0.15) is 0 Å². The Kier molecular flexibility index (Phi) is 7.66. The highest BCUT2D eigenvalue weighted by Gasteiger charge is 2.10. The second-order valence-corrected chi connectivity index (χ2v) is 6.51. The van der Waals surface area contributed by atoms with Crippen molar-refractivity contribution < 1.29 is 19.1 Å². The molecular formula is C20H22BrNO4. The van der Waals surface area contributed by atoms with E-state index in [4.69, 9.17) is 9.47 Å². The summed E-state index contributed by atoms with van der Waals surface area (Å²) in [7, 11) is 0. The Labute approximate surface area is 161 Å². The normalized spacial score (nSPS) is 10.3. The van der Waals surface area contributed by atoms with Gasteiger partial charge in [0.25, 0.3) is 5.91 Å². The number of amides is 1. The lowest BCUT2D eigenvalue weighted by molar-refractivity contribution is -0.118. The molecule has 0 unspecified atom stereocenters. The molecule has 2 aromatic rings. The van der Waals surface area contributed by atoms with Gasteiger partial charge in [-0.1, -0.05) is 25.5 Å². The molecular weight excluding hydrogens is 398 g/mol. The maximum Gasteiger partial charge on any atom is 0.338 e. The largest absolute Gasteiger partial charge is 0.483 e. The quantitative estimate of drug-likeness (QED) is 0.635. The zero-order valence-corrected chi connectivity index (χ0v) is 16.5. The first-order chi connectivity index (χ1) is 12.5. The topological polar surface area (TPSA) is 64.6 Å². The lowest BCUT2D eigenvalue weighted by atomic mass is 10.1. The molecule has 1 amide bonds. The highest BCUT2D eigenvalue weighted by atomic mass is 79.9. The van der Waals surface area contributed by atoms with E-state index < -0.39 is 5.97 Å². The van der Waals surface area contributed by atoms with Gasteiger partial charge in [-0.05, 0) is 65.2 Å². The minimum atomic E-state index is -0.420. The minimum Gasteiger partial charge on any atom is -0.483 e. The third-order valence-electron chi connectivity index (χ3n) is 3.55. The van der Waals surface area contributed by atoms with E-state index in [1.807, 2.05) is 18.2 Å². The van der Waals surface area contributed by atoms with E-state index in [0.717, 1.165) is 17.3 Å². The van der Waals surface area contributed by atoms with Gasteiger partial charge < -0.3 is 14.8 Å². The minimum absolute atomic E-state index is 0.130. The number of hydrogen-bond donors (Lipinski definition) is 1. The van der Waals surface area contributed by atoms with Crippen molar-refractivity contribution in [3.05, 3.63) is 58.1 Å². The van der Waals surface area contributed by atoms with Crippen LogP contribution in [0.4, 0.5) is 5.69 Å². The average molecular weight is 420 g/mol. The van der Waals surface area contributed by atoms with Gasteiger partial charge in [0, 0.05) is 5.69 Å². The van der Waals surface area contributed by atoms with Crippen LogP contribution in [0.2, 0.25) is 0 Å². The standard InChI is InChI=1S/C20H22BrNO4/c1-3-6-14-9-10-18(17(21)11-14)26-13-19(23)22-16-8-5-7-15(12-16)20(24)25-4-2/h5,7-12H,3-4,6,13H2,1-2H3,(H,22,23). The maximum atomic E-state index is 12.1. The van der Waals surface area contributed by atoms with Gasteiger partial charge in [0.2, 0.25) is 0 Å². The first kappa shape index (κ1) is 20.0. The molecule has 138 valence electrons. The van der Waals surface area contributed by atoms with Crippen LogP contribution in [0.1, 0.15) is 36.2 Å². The van der Waals surface area contributed by atoms with Crippen molar-refractivity contribution in [3.8, 4) is 5.75 Å². The molecule has 2 aromatic carbocycles. The molecule has 1 N–H and O–H groups in total. The lowest BCUT2D eigenvalue weighted by Gasteiger charge is -2.11. The van der Waals surface area contributed by atoms with Gasteiger partial charge in [0.15, 0.2) is 6.61 Å². The number of aryl methyl sites for hydroxylation is 1. The molecule has 0 atom stereocenters. The van der Waals surface area contributed by atoms with Crippen LogP contribution in [0.15, 0.2) is 46.9 Å². The van der Waals surface area contributed by atoms with E-state index >= 15 is 0 Å². The van der Waals surface area contributed by atoms with Crippen LogP contribution in [0.5, 0.6) is 5.75 Å². The molecule has 0 bridgehead atoms. The van der Waals surface area contributed by atoms with E-state index in [9.17, 15) is 9.59 Å². The lowest BCUT2D eigenvalue weighted by Crippen LogP contribution is -2.20. The molecule has 0 aliphatic heterocycles. The fourth-order valence-corrected chi connectivity index (χ4v) is 2.92. The SMILES string of the molecule is CCCc1ccc(OCC(=O)Nc2cccc(C(=O)OCC)c2)c(Br)c1. The summed E-state index contributed by atoms with van der Waals surface area (Å²) in [4.78, 5) is 23.8. The second-order valence-electron chi connectivity index (χ2n) is 5.65. The molecule has 6 heteroatoms. The Morgan fingerprint density at radius 1 is 1.12 bits per heavy atom. The van der Waals surface area contributed by atoms with Crippen LogP contribution in [0, 0.1) is 0 Å². The van der Waals surface area contributed by atoms with Gasteiger partial charge in [-0.25, -0.2) is 4.79 Å². The number of hydrogen-bond acceptors (Lipinski definition) is 4. The summed E-state index contributed by atoms with van der Waals surface area (Å²) in [5, 5.41) is 2.71. The van der Waals surface area contributed by atoms with Gasteiger partial charge in [0.05, 0.1) is 16.6 Å². The van der Waals surface area contributed by atoms with Crippen LogP contribution in [0.25, 0.3) is 0 Å². The highest BCUT2D eigenvalue weighted by Crippen LogP contribution is 2.26. The Morgan fingerprint density at radius 2 is 1.92 bits per heavy atom. The predicted molar refractivity (Wildman–Crippen MR) is 105 cm³/mol. The van der Waals surface area contributed by atoms with Gasteiger partial charge in [0.1, 0.15) is 5.75 Å². The smallest absolute Gasteiger partial charge is 0.338 e. The number of carbonyl (C=O) groups is 2. The van der Waals surface area contributed by atoms with Gasteiger partial charge >= 0.3 is 5.97 Å². The Morgan fingerprint density at radius 3 is 2.62 bits per heavy atom. The van der Waals surface area contributed by atoms with Crippen LogP contribution in [0.3, 0.4) is 0 Å². The summed E-state index contributed by atoms with van der Waals surface area (Å²) in [6, 6.07) is 12.4. The molecule has 0 aliphatic rings. The van der Waals surface area contributed by atoms with E-state index in [1.54, 1.807) is 31.2 Å². The Balaban J connectivity index is 1.93. The summed E-state index contributed by atoms with van der Waals surface area (Å²) in [5.41, 5.74) is 2.12. The number of benzene rings is 2. The van der Waals surface area contributed by atoms with Crippen molar-refractivity contribution in [2.45, 2.75) is 26.7 Å². The van der Waals surface area contributed by atoms with Gasteiger partial charge in [-0.3, -0.25) is 4.79 Å². The number of esters is 1. The molecule has 0 aromatic heterocycles. The number of ether oxygens (including phenoxy) is 2. The fraction of sp³-hybridized carbons (Fsp3) is 0.300. The zero-order chi connectivity index (χ0) is 18.9. The van der Waals surface area contributed by atoms with Crippen LogP contribution >= 0.6 is 15.9 Å². The molecule has 0 spiro atoms. The first-order valence-corrected chi connectivity index (χ1v) is 9.31.